The minimum Gasteiger partial charge on any atom is -0.351 e. The molecular weight excluding hydrogens is 413 g/mol. The van der Waals surface area contributed by atoms with E-state index in [1.165, 1.54) is 0 Å². The lowest BCUT2D eigenvalue weighted by molar-refractivity contribution is -0.132. The van der Waals surface area contributed by atoms with E-state index in [4.69, 9.17) is 5.73 Å². The van der Waals surface area contributed by atoms with Crippen LogP contribution in [0.3, 0.4) is 0 Å². The Morgan fingerprint density at radius 2 is 2.16 bits per heavy atom. The van der Waals surface area contributed by atoms with Crippen LogP contribution in [0, 0.1) is 11.8 Å². The van der Waals surface area contributed by atoms with E-state index in [2.05, 4.69) is 27.9 Å². The zero-order valence-electron chi connectivity index (χ0n) is 19.3. The first-order chi connectivity index (χ1) is 15.5. The largest absolute Gasteiger partial charge is 0.351 e. The Hall–Kier alpha value is -1.33. The topological polar surface area (TPSA) is 106 Å². The molecule has 4 fully saturated rings. The van der Waals surface area contributed by atoms with Crippen LogP contribution in [0.15, 0.2) is 0 Å². The third-order valence-electron chi connectivity index (χ3n) is 7.47. The molecule has 4 aliphatic heterocycles. The van der Waals surface area contributed by atoms with Gasteiger partial charge in [-0.15, -0.1) is 0 Å². The summed E-state index contributed by atoms with van der Waals surface area (Å²) in [6, 6.07) is -0.0445. The maximum Gasteiger partial charge on any atom is 0.229 e. The van der Waals surface area contributed by atoms with Crippen molar-refractivity contribution in [3.63, 3.8) is 0 Å². The van der Waals surface area contributed by atoms with E-state index < -0.39 is 18.3 Å². The van der Waals surface area contributed by atoms with Crippen LogP contribution in [0.4, 0.5) is 4.39 Å². The molecule has 182 valence electrons. The van der Waals surface area contributed by atoms with Crippen LogP contribution < -0.4 is 21.8 Å². The minimum absolute atomic E-state index is 0.0445. The van der Waals surface area contributed by atoms with Gasteiger partial charge in [0.05, 0.1) is 18.2 Å². The Labute approximate surface area is 190 Å². The van der Waals surface area contributed by atoms with Crippen LogP contribution in [0.5, 0.6) is 0 Å². The fraction of sp³-hybridized carbons (Fsp3) is 0.909. The minimum atomic E-state index is -0.959. The molecule has 0 aromatic carbocycles. The van der Waals surface area contributed by atoms with Crippen LogP contribution in [0.25, 0.3) is 0 Å². The van der Waals surface area contributed by atoms with Gasteiger partial charge in [0.1, 0.15) is 6.17 Å². The van der Waals surface area contributed by atoms with Gasteiger partial charge in [0.25, 0.3) is 0 Å². The summed E-state index contributed by atoms with van der Waals surface area (Å²) in [5, 5.41) is 8.46. The van der Waals surface area contributed by atoms with Crippen molar-refractivity contribution in [2.24, 2.45) is 17.6 Å². The molecular formula is C22H40FN7O2. The number of hydrogen-bond donors (Lipinski definition) is 4. The summed E-state index contributed by atoms with van der Waals surface area (Å²) < 4.78 is 14.4. The summed E-state index contributed by atoms with van der Waals surface area (Å²) in [6.07, 6.45) is 3.90. The van der Waals surface area contributed by atoms with Crippen molar-refractivity contribution in [1.29, 1.82) is 0 Å². The smallest absolute Gasteiger partial charge is 0.229 e. The number of nitrogens with one attached hydrogen (secondary N) is 3. The summed E-state index contributed by atoms with van der Waals surface area (Å²) in [6.45, 7) is 6.59. The van der Waals surface area contributed by atoms with Crippen molar-refractivity contribution in [3.8, 4) is 0 Å². The average Bonchev–Trinajstić information content (AvgIpc) is 3.31. The van der Waals surface area contributed by atoms with Gasteiger partial charge in [0, 0.05) is 45.2 Å². The summed E-state index contributed by atoms with van der Waals surface area (Å²) in [4.78, 5) is 29.6. The van der Waals surface area contributed by atoms with Crippen molar-refractivity contribution >= 4 is 11.8 Å². The second-order valence-electron chi connectivity index (χ2n) is 9.86. The Morgan fingerprint density at radius 3 is 2.91 bits per heavy atom. The zero-order valence-corrected chi connectivity index (χ0v) is 19.3. The van der Waals surface area contributed by atoms with E-state index in [1.807, 2.05) is 9.91 Å². The predicted molar refractivity (Wildman–Crippen MR) is 120 cm³/mol. The first-order valence-corrected chi connectivity index (χ1v) is 12.4. The zero-order chi connectivity index (χ0) is 22.7. The Morgan fingerprint density at radius 1 is 1.31 bits per heavy atom. The molecule has 10 heteroatoms. The molecule has 0 aliphatic carbocycles. The number of carbonyl (C=O) groups is 2. The molecule has 0 bridgehead atoms. The molecule has 4 saturated heterocycles. The SMILES string of the molecule is CCCCCN1CC(F)CN2NC(N)C(C(=O)NC3CNCCC3CN3CCCC3=O)C12. The third kappa shape index (κ3) is 5.25. The molecule has 4 aliphatic rings. The lowest BCUT2D eigenvalue weighted by Gasteiger charge is -2.43. The quantitative estimate of drug-likeness (QED) is 0.371. The fourth-order valence-corrected chi connectivity index (χ4v) is 5.79. The van der Waals surface area contributed by atoms with Crippen molar-refractivity contribution in [2.45, 2.75) is 70.0 Å². The van der Waals surface area contributed by atoms with Gasteiger partial charge in [0.15, 0.2) is 0 Å². The monoisotopic (exact) mass is 453 g/mol. The van der Waals surface area contributed by atoms with Crippen molar-refractivity contribution < 1.29 is 14.0 Å². The normalized spacial score (nSPS) is 36.5. The molecule has 0 radical (unpaired) electrons. The van der Waals surface area contributed by atoms with E-state index in [0.29, 0.717) is 26.1 Å². The van der Waals surface area contributed by atoms with Gasteiger partial charge >= 0.3 is 0 Å². The van der Waals surface area contributed by atoms with Gasteiger partial charge in [-0.3, -0.25) is 14.5 Å². The van der Waals surface area contributed by atoms with Crippen LogP contribution >= 0.6 is 0 Å². The second kappa shape index (κ2) is 10.7. The highest BCUT2D eigenvalue weighted by Crippen LogP contribution is 2.29. The average molecular weight is 454 g/mol. The molecule has 2 amide bonds. The van der Waals surface area contributed by atoms with Crippen LogP contribution in [0.1, 0.15) is 45.4 Å². The summed E-state index contributed by atoms with van der Waals surface area (Å²) in [5.41, 5.74) is 9.51. The second-order valence-corrected chi connectivity index (χ2v) is 9.86. The van der Waals surface area contributed by atoms with Gasteiger partial charge in [-0.1, -0.05) is 19.8 Å². The van der Waals surface area contributed by atoms with Crippen molar-refractivity contribution in [3.05, 3.63) is 0 Å². The van der Waals surface area contributed by atoms with E-state index in [0.717, 1.165) is 51.7 Å². The lowest BCUT2D eigenvalue weighted by Crippen LogP contribution is -2.62. The standard InChI is InChI=1S/C22H40FN7O2/c1-2-3-4-9-29-13-16(23)14-30-22(29)19(20(24)27-30)21(32)26-17-11-25-8-7-15(17)12-28-10-5-6-18(28)31/h15-17,19-20,22,25,27H,2-14,24H2,1H3,(H,26,32). The highest BCUT2D eigenvalue weighted by atomic mass is 19.1. The molecule has 6 unspecified atom stereocenters. The number of piperidine rings is 1. The molecule has 5 N–H and O–H groups in total. The molecule has 0 spiro atoms. The highest BCUT2D eigenvalue weighted by molar-refractivity contribution is 5.81. The number of carbonyl (C=O) groups excluding carboxylic acids is 2. The van der Waals surface area contributed by atoms with E-state index >= 15 is 0 Å². The van der Waals surface area contributed by atoms with Crippen LogP contribution in [0.2, 0.25) is 0 Å². The Bertz CT molecular complexity index is 668. The Kier molecular flexibility index (Phi) is 7.99. The predicted octanol–water partition coefficient (Wildman–Crippen LogP) is -0.406. The number of hydrazine groups is 1. The van der Waals surface area contributed by atoms with Gasteiger partial charge < -0.3 is 21.3 Å². The number of rotatable bonds is 8. The molecule has 0 saturated carbocycles. The Balaban J connectivity index is 1.42. The molecule has 0 aromatic heterocycles. The summed E-state index contributed by atoms with van der Waals surface area (Å²) >= 11 is 0. The molecule has 0 aromatic rings. The van der Waals surface area contributed by atoms with E-state index in [1.54, 1.807) is 0 Å². The first-order valence-electron chi connectivity index (χ1n) is 12.4. The fourth-order valence-electron chi connectivity index (χ4n) is 5.79. The van der Waals surface area contributed by atoms with Gasteiger partial charge in [-0.05, 0) is 38.3 Å². The number of alkyl halides is 1. The third-order valence-corrected chi connectivity index (χ3v) is 7.47. The number of amides is 2. The van der Waals surface area contributed by atoms with Gasteiger partial charge in [-0.25, -0.2) is 14.8 Å². The molecule has 4 rings (SSSR count). The summed E-state index contributed by atoms with van der Waals surface area (Å²) in [7, 11) is 0. The first kappa shape index (κ1) is 23.8. The number of unbranched alkanes of at least 4 members (excludes halogenated alkanes) is 2. The number of halogens is 1. The highest BCUT2D eigenvalue weighted by Gasteiger charge is 2.50. The molecule has 9 nitrogen and oxygen atoms in total. The van der Waals surface area contributed by atoms with Gasteiger partial charge in [0.2, 0.25) is 11.8 Å². The van der Waals surface area contributed by atoms with Gasteiger partial charge in [-0.2, -0.15) is 0 Å². The number of nitrogens with zero attached hydrogens (tertiary/aromatic N) is 3. The van der Waals surface area contributed by atoms with E-state index in [-0.39, 0.29) is 36.5 Å². The summed E-state index contributed by atoms with van der Waals surface area (Å²) in [5.74, 6) is -0.106. The lowest BCUT2D eigenvalue weighted by atomic mass is 9.90. The molecule has 32 heavy (non-hydrogen) atoms. The molecule has 6 atom stereocenters. The van der Waals surface area contributed by atoms with Crippen molar-refractivity contribution in [1.82, 2.24) is 30.9 Å². The number of fused-ring (bicyclic) bond motifs is 1. The maximum atomic E-state index is 14.4. The van der Waals surface area contributed by atoms with Crippen molar-refractivity contribution in [2.75, 3.05) is 45.8 Å². The number of likely N-dealkylation sites (tertiary alicyclic amines) is 1. The molecule has 4 heterocycles. The number of nitrogens with two attached hydrogens (primary N) is 1. The van der Waals surface area contributed by atoms with Crippen LogP contribution in [-0.4, -0.2) is 97.0 Å². The van der Waals surface area contributed by atoms with Crippen LogP contribution in [-0.2, 0) is 9.59 Å². The number of hydrogen-bond acceptors (Lipinski definition) is 7. The van der Waals surface area contributed by atoms with E-state index in [9.17, 15) is 14.0 Å². The maximum absolute atomic E-state index is 14.4.